The number of hydrogen-bond acceptors (Lipinski definition) is 4. The fourth-order valence-electron chi connectivity index (χ4n) is 5.76. The van der Waals surface area contributed by atoms with Gasteiger partial charge in [0, 0.05) is 41.4 Å². The molecule has 0 amide bonds. The van der Waals surface area contributed by atoms with Crippen LogP contribution in [-0.2, 0) is 30.4 Å². The van der Waals surface area contributed by atoms with Gasteiger partial charge in [0.05, 0.1) is 17.8 Å². The van der Waals surface area contributed by atoms with E-state index in [1.165, 1.54) is 25.3 Å². The first kappa shape index (κ1) is 31.2. The van der Waals surface area contributed by atoms with Gasteiger partial charge in [-0.05, 0) is 80.0 Å². The average molecular weight is 614 g/mol. The molecule has 230 valence electrons. The van der Waals surface area contributed by atoms with Crippen molar-refractivity contribution in [2.24, 2.45) is 0 Å². The van der Waals surface area contributed by atoms with E-state index in [0.29, 0.717) is 35.4 Å². The Hall–Kier alpha value is -4.28. The fraction of sp³-hybridized carbons (Fsp3) is 0.333. The predicted molar refractivity (Wildman–Crippen MR) is 151 cm³/mol. The summed E-state index contributed by atoms with van der Waals surface area (Å²) in [5, 5.41) is 3.83. The lowest BCUT2D eigenvalue weighted by atomic mass is 9.86. The van der Waals surface area contributed by atoms with Crippen LogP contribution in [-0.4, -0.2) is 26.3 Å². The van der Waals surface area contributed by atoms with Crippen LogP contribution >= 0.6 is 0 Å². The minimum Gasteiger partial charge on any atom is -0.298 e. The summed E-state index contributed by atoms with van der Waals surface area (Å²) >= 11 is 0. The number of Topliss-reactive ketones (excluding diaryl/α,β-unsaturated/α-hetero) is 2. The molecule has 0 N–H and O–H groups in total. The van der Waals surface area contributed by atoms with Crippen LogP contribution in [0.1, 0.15) is 83.5 Å². The van der Waals surface area contributed by atoms with Crippen LogP contribution in [0.2, 0.25) is 0 Å². The summed E-state index contributed by atoms with van der Waals surface area (Å²) in [6.45, 7) is 2.51. The molecule has 1 aliphatic rings. The van der Waals surface area contributed by atoms with Crippen molar-refractivity contribution < 1.29 is 35.9 Å². The Kier molecular flexibility index (Phi) is 8.76. The fourth-order valence-corrected chi connectivity index (χ4v) is 5.76. The van der Waals surface area contributed by atoms with E-state index in [4.69, 9.17) is 0 Å². The number of benzene rings is 2. The van der Waals surface area contributed by atoms with Crippen LogP contribution in [0.3, 0.4) is 0 Å². The van der Waals surface area contributed by atoms with Gasteiger partial charge in [-0.15, -0.1) is 0 Å². The molecular weight excluding hydrogens is 584 g/mol. The van der Waals surface area contributed by atoms with Gasteiger partial charge < -0.3 is 0 Å². The first-order chi connectivity index (χ1) is 20.8. The molecule has 44 heavy (non-hydrogen) atoms. The highest BCUT2D eigenvalue weighted by Gasteiger charge is 2.43. The molecule has 5 nitrogen and oxygen atoms in total. The van der Waals surface area contributed by atoms with Crippen LogP contribution in [0.4, 0.5) is 26.3 Å². The molecule has 0 radical (unpaired) electrons. The molecule has 0 saturated heterocycles. The summed E-state index contributed by atoms with van der Waals surface area (Å²) in [5.41, 5.74) is 0.875. The van der Waals surface area contributed by atoms with Crippen molar-refractivity contribution in [3.63, 3.8) is 0 Å². The van der Waals surface area contributed by atoms with E-state index in [-0.39, 0.29) is 41.9 Å². The van der Waals surface area contributed by atoms with Crippen molar-refractivity contribution in [3.8, 4) is 11.1 Å². The monoisotopic (exact) mass is 613 g/mol. The maximum absolute atomic E-state index is 14.3. The van der Waals surface area contributed by atoms with Crippen molar-refractivity contribution in [1.29, 1.82) is 0 Å². The number of nitrogens with zero attached hydrogens (tertiary/aromatic N) is 3. The summed E-state index contributed by atoms with van der Waals surface area (Å²) in [7, 11) is 0. The van der Waals surface area contributed by atoms with Gasteiger partial charge >= 0.3 is 6.18 Å². The minimum absolute atomic E-state index is 0.0357. The summed E-state index contributed by atoms with van der Waals surface area (Å²) in [5.74, 6) is -4.31. The van der Waals surface area contributed by atoms with E-state index in [1.54, 1.807) is 19.1 Å². The van der Waals surface area contributed by atoms with Crippen LogP contribution in [0.25, 0.3) is 11.1 Å². The Morgan fingerprint density at radius 3 is 2.34 bits per heavy atom. The number of alkyl halides is 3. The summed E-state index contributed by atoms with van der Waals surface area (Å²) in [4.78, 5) is 30.1. The molecule has 2 aromatic carbocycles. The molecule has 0 unspecified atom stereocenters. The maximum Gasteiger partial charge on any atom is 0.435 e. The number of carbonyl (C=O) groups excluding carboxylic acids is 2. The van der Waals surface area contributed by atoms with Crippen LogP contribution in [0.5, 0.6) is 0 Å². The lowest BCUT2D eigenvalue weighted by molar-refractivity contribution is -0.142. The quantitative estimate of drug-likeness (QED) is 0.127. The Labute approximate surface area is 249 Å². The molecule has 5 rings (SSSR count). The molecule has 1 saturated carbocycles. The number of carbonyl (C=O) groups is 2. The minimum atomic E-state index is -4.67. The Bertz CT molecular complexity index is 1700. The molecule has 0 spiro atoms. The predicted octanol–water partition coefficient (Wildman–Crippen LogP) is 8.01. The maximum atomic E-state index is 14.3. The third-order valence-corrected chi connectivity index (χ3v) is 7.77. The SMILES string of the molecule is CCc1c(C2CC2)c(C(F)(F)F)nn1CC(=O)C[C@@H](Cc1cc(F)cc(F)c1)c1ncccc1-c1ccc(F)c(C(C)=O)c1. The van der Waals surface area contributed by atoms with Gasteiger partial charge in [-0.2, -0.15) is 18.3 Å². The largest absolute Gasteiger partial charge is 0.435 e. The number of hydrogen-bond donors (Lipinski definition) is 0. The molecule has 1 atom stereocenters. The summed E-state index contributed by atoms with van der Waals surface area (Å²) in [6.07, 6.45) is -1.98. The second kappa shape index (κ2) is 12.4. The van der Waals surface area contributed by atoms with E-state index < -0.39 is 53.4 Å². The van der Waals surface area contributed by atoms with E-state index in [1.807, 2.05) is 0 Å². The van der Waals surface area contributed by atoms with Gasteiger partial charge in [0.1, 0.15) is 17.5 Å². The zero-order valence-corrected chi connectivity index (χ0v) is 24.0. The van der Waals surface area contributed by atoms with Gasteiger partial charge in [0.2, 0.25) is 0 Å². The van der Waals surface area contributed by atoms with E-state index in [0.717, 1.165) is 28.9 Å². The number of halogens is 6. The van der Waals surface area contributed by atoms with Gasteiger partial charge in [0.15, 0.2) is 17.3 Å². The van der Waals surface area contributed by atoms with Crippen molar-refractivity contribution in [3.05, 3.63) is 106 Å². The van der Waals surface area contributed by atoms with Crippen molar-refractivity contribution in [1.82, 2.24) is 14.8 Å². The summed E-state index contributed by atoms with van der Waals surface area (Å²) < 4.78 is 85.3. The van der Waals surface area contributed by atoms with Crippen molar-refractivity contribution in [2.75, 3.05) is 0 Å². The molecule has 0 bridgehead atoms. The first-order valence-electron chi connectivity index (χ1n) is 14.2. The van der Waals surface area contributed by atoms with Crippen molar-refractivity contribution in [2.45, 2.75) is 70.5 Å². The highest BCUT2D eigenvalue weighted by Crippen LogP contribution is 2.47. The topological polar surface area (TPSA) is 64.8 Å². The Morgan fingerprint density at radius 1 is 1.02 bits per heavy atom. The molecule has 0 aliphatic heterocycles. The van der Waals surface area contributed by atoms with Gasteiger partial charge in [-0.1, -0.05) is 19.1 Å². The lowest BCUT2D eigenvalue weighted by Crippen LogP contribution is -2.19. The zero-order chi connectivity index (χ0) is 31.8. The lowest BCUT2D eigenvalue weighted by Gasteiger charge is -2.20. The molecular formula is C33H29F6N3O2. The first-order valence-corrected chi connectivity index (χ1v) is 14.2. The molecule has 1 fully saturated rings. The third kappa shape index (κ3) is 6.76. The van der Waals surface area contributed by atoms with Crippen LogP contribution < -0.4 is 0 Å². The zero-order valence-electron chi connectivity index (χ0n) is 24.0. The molecule has 11 heteroatoms. The molecule has 4 aromatic rings. The average Bonchev–Trinajstić information content (AvgIpc) is 3.72. The van der Waals surface area contributed by atoms with Crippen LogP contribution in [0.15, 0.2) is 54.7 Å². The third-order valence-electron chi connectivity index (χ3n) is 7.77. The highest BCUT2D eigenvalue weighted by molar-refractivity contribution is 5.95. The smallest absolute Gasteiger partial charge is 0.298 e. The summed E-state index contributed by atoms with van der Waals surface area (Å²) in [6, 6.07) is 10.2. The Morgan fingerprint density at radius 2 is 1.73 bits per heavy atom. The standard InChI is InChI=1S/C33H29F6N3O2/c1-3-29-30(20-6-7-20)32(33(37,38)39)41-42(29)17-25(44)14-22(11-19-12-23(34)16-24(35)13-19)31-26(5-4-10-40-31)21-8-9-28(36)27(15-21)18(2)43/h4-5,8-10,12-13,15-16,20,22H,3,6-7,11,14,17H2,1-2H3/t22-/m1/s1. The highest BCUT2D eigenvalue weighted by atomic mass is 19.4. The number of ketones is 2. The normalized spacial score (nSPS) is 14.1. The number of aromatic nitrogens is 3. The van der Waals surface area contributed by atoms with Gasteiger partial charge in [0.25, 0.3) is 0 Å². The van der Waals surface area contributed by atoms with Gasteiger partial charge in [-0.3, -0.25) is 19.3 Å². The van der Waals surface area contributed by atoms with E-state index in [2.05, 4.69) is 10.1 Å². The molecule has 2 heterocycles. The van der Waals surface area contributed by atoms with Crippen LogP contribution in [0, 0.1) is 17.5 Å². The number of pyridine rings is 1. The molecule has 1 aliphatic carbocycles. The second-order valence-electron chi connectivity index (χ2n) is 11.1. The number of rotatable bonds is 11. The van der Waals surface area contributed by atoms with Gasteiger partial charge in [-0.25, -0.2) is 13.2 Å². The Balaban J connectivity index is 1.53. The second-order valence-corrected chi connectivity index (χ2v) is 11.1. The molecule has 2 aromatic heterocycles. The van der Waals surface area contributed by atoms with Crippen molar-refractivity contribution >= 4 is 11.6 Å². The van der Waals surface area contributed by atoms with E-state index >= 15 is 0 Å². The van der Waals surface area contributed by atoms with E-state index in [9.17, 15) is 35.9 Å².